The van der Waals surface area contributed by atoms with E-state index in [-0.39, 0.29) is 0 Å². The third kappa shape index (κ3) is 3.54. The highest BCUT2D eigenvalue weighted by Gasteiger charge is 2.12. The van der Waals surface area contributed by atoms with E-state index in [0.29, 0.717) is 0 Å². The van der Waals surface area contributed by atoms with Crippen molar-refractivity contribution in [1.29, 1.82) is 0 Å². The minimum Gasteiger partial charge on any atom is -0.278 e. The molecule has 0 aromatic carbocycles. The quantitative estimate of drug-likeness (QED) is 0.469. The molecule has 0 atom stereocenters. The second-order valence-electron chi connectivity index (χ2n) is 3.03. The molecule has 0 aliphatic carbocycles. The molecule has 0 unspecified atom stereocenters. The Bertz CT molecular complexity index is 256. The maximum atomic E-state index is 3.78. The Morgan fingerprint density at radius 2 is 1.80 bits per heavy atom. The van der Waals surface area contributed by atoms with Crippen LogP contribution < -0.4 is 0 Å². The summed E-state index contributed by atoms with van der Waals surface area (Å²) < 4.78 is 0. The van der Waals surface area contributed by atoms with Crippen molar-refractivity contribution in [3.63, 3.8) is 0 Å². The van der Waals surface area contributed by atoms with Crippen molar-refractivity contribution in [2.75, 3.05) is 13.6 Å². The van der Waals surface area contributed by atoms with Crippen molar-refractivity contribution in [2.24, 2.45) is 0 Å². The molecule has 0 aliphatic rings. The molecule has 0 amide bonds. The van der Waals surface area contributed by atoms with Crippen LogP contribution in [0.2, 0.25) is 0 Å². The van der Waals surface area contributed by atoms with Gasteiger partial charge in [0, 0.05) is 26.0 Å². The van der Waals surface area contributed by atoms with Gasteiger partial charge in [0.25, 0.3) is 0 Å². The van der Waals surface area contributed by atoms with Crippen molar-refractivity contribution >= 4 is 0 Å². The van der Waals surface area contributed by atoms with Crippen molar-refractivity contribution in [1.82, 2.24) is 15.1 Å². The molecule has 3 heteroatoms. The first-order valence-electron chi connectivity index (χ1n) is 4.96. The van der Waals surface area contributed by atoms with E-state index in [0.717, 1.165) is 12.2 Å². The molecular weight excluding hydrogens is 186 g/mol. The molecule has 0 spiro atoms. The lowest BCUT2D eigenvalue weighted by molar-refractivity contribution is -0.0829. The van der Waals surface area contributed by atoms with Crippen molar-refractivity contribution in [3.05, 3.63) is 50.0 Å². The largest absolute Gasteiger partial charge is 0.278 e. The van der Waals surface area contributed by atoms with Crippen molar-refractivity contribution in [2.45, 2.75) is 13.8 Å². The zero-order valence-electron chi connectivity index (χ0n) is 9.98. The van der Waals surface area contributed by atoms with E-state index in [2.05, 4.69) is 26.7 Å². The number of allylic oxidation sites excluding steroid dienone is 3. The van der Waals surface area contributed by atoms with Crippen LogP contribution in [0.4, 0.5) is 0 Å². The minimum atomic E-state index is 0.837. The minimum absolute atomic E-state index is 0.837. The van der Waals surface area contributed by atoms with Gasteiger partial charge in [-0.2, -0.15) is 5.12 Å². The van der Waals surface area contributed by atoms with Crippen LogP contribution in [0.3, 0.4) is 0 Å². The lowest BCUT2D eigenvalue weighted by Crippen LogP contribution is -2.45. The predicted molar refractivity (Wildman–Crippen MR) is 66.3 cm³/mol. The number of hydrogen-bond acceptors (Lipinski definition) is 3. The Morgan fingerprint density at radius 3 is 2.13 bits per heavy atom. The van der Waals surface area contributed by atoms with Crippen LogP contribution in [0.25, 0.3) is 0 Å². The van der Waals surface area contributed by atoms with Crippen molar-refractivity contribution < 1.29 is 0 Å². The first-order chi connectivity index (χ1) is 7.12. The Kier molecular flexibility index (Phi) is 6.02. The van der Waals surface area contributed by atoms with E-state index in [1.165, 1.54) is 0 Å². The van der Waals surface area contributed by atoms with Gasteiger partial charge in [0.1, 0.15) is 0 Å². The van der Waals surface area contributed by atoms with Crippen LogP contribution >= 0.6 is 0 Å². The SMILES string of the molecule is C=C/C=C(/C)N(N(C)C=C)N(C=C)CC. The second-order valence-corrected chi connectivity index (χ2v) is 3.03. The summed E-state index contributed by atoms with van der Waals surface area (Å²) in [6.45, 7) is 16.1. The van der Waals surface area contributed by atoms with Gasteiger partial charge in [-0.05, 0) is 19.9 Å². The zero-order chi connectivity index (χ0) is 11.8. The van der Waals surface area contributed by atoms with E-state index in [1.54, 1.807) is 18.5 Å². The van der Waals surface area contributed by atoms with Crippen LogP contribution in [0.5, 0.6) is 0 Å². The van der Waals surface area contributed by atoms with Gasteiger partial charge < -0.3 is 0 Å². The molecule has 84 valence electrons. The molecular formula is C12H21N3. The average Bonchev–Trinajstić information content (AvgIpc) is 2.24. The van der Waals surface area contributed by atoms with Gasteiger partial charge in [-0.25, -0.2) is 0 Å². The summed E-state index contributed by atoms with van der Waals surface area (Å²) in [5, 5.41) is 5.85. The summed E-state index contributed by atoms with van der Waals surface area (Å²) in [5.74, 6) is 0. The number of nitrogens with zero attached hydrogens (tertiary/aromatic N) is 3. The van der Waals surface area contributed by atoms with E-state index in [4.69, 9.17) is 0 Å². The van der Waals surface area contributed by atoms with Gasteiger partial charge in [-0.15, -0.1) is 0 Å². The molecule has 0 radical (unpaired) electrons. The molecule has 0 N–H and O–H groups in total. The average molecular weight is 207 g/mol. The summed E-state index contributed by atoms with van der Waals surface area (Å²) in [6, 6.07) is 0. The summed E-state index contributed by atoms with van der Waals surface area (Å²) >= 11 is 0. The highest BCUT2D eigenvalue weighted by atomic mass is 15.8. The van der Waals surface area contributed by atoms with E-state index < -0.39 is 0 Å². The zero-order valence-corrected chi connectivity index (χ0v) is 9.98. The summed E-state index contributed by atoms with van der Waals surface area (Å²) in [4.78, 5) is 0. The molecule has 0 rings (SSSR count). The van der Waals surface area contributed by atoms with Gasteiger partial charge >= 0.3 is 0 Å². The lowest BCUT2D eigenvalue weighted by atomic mass is 10.4. The number of hydrogen-bond donors (Lipinski definition) is 0. The monoisotopic (exact) mass is 207 g/mol. The molecule has 0 saturated carbocycles. The summed E-state index contributed by atoms with van der Waals surface area (Å²) in [6.07, 6.45) is 7.22. The first kappa shape index (κ1) is 13.4. The fourth-order valence-corrected chi connectivity index (χ4v) is 1.29. The van der Waals surface area contributed by atoms with Gasteiger partial charge in [0.2, 0.25) is 0 Å². The second kappa shape index (κ2) is 6.76. The summed E-state index contributed by atoms with van der Waals surface area (Å²) in [5.41, 5.74) is 1.05. The fourth-order valence-electron chi connectivity index (χ4n) is 1.29. The van der Waals surface area contributed by atoms with Crippen LogP contribution in [0.15, 0.2) is 50.0 Å². The Balaban J connectivity index is 5.01. The van der Waals surface area contributed by atoms with E-state index in [9.17, 15) is 0 Å². The molecule has 3 nitrogen and oxygen atoms in total. The van der Waals surface area contributed by atoms with Crippen LogP contribution in [-0.4, -0.2) is 28.7 Å². The normalized spacial score (nSPS) is 10.5. The molecule has 0 fully saturated rings. The Labute approximate surface area is 93.2 Å². The molecule has 0 aromatic rings. The maximum absolute atomic E-state index is 3.78. The van der Waals surface area contributed by atoms with Crippen LogP contribution in [-0.2, 0) is 0 Å². The van der Waals surface area contributed by atoms with E-state index >= 15 is 0 Å². The third-order valence-corrected chi connectivity index (χ3v) is 2.02. The fraction of sp³-hybridized carbons (Fsp3) is 0.333. The standard InChI is InChI=1S/C12H21N3/c1-7-11-12(5)15(13(6)8-2)14(9-3)10-4/h7-9,11H,1-3,10H2,4-6H3/b12-11-. The van der Waals surface area contributed by atoms with Gasteiger partial charge in [0.05, 0.1) is 5.70 Å². The van der Waals surface area contributed by atoms with Crippen molar-refractivity contribution in [3.8, 4) is 0 Å². The number of rotatable bonds is 7. The first-order valence-corrected chi connectivity index (χ1v) is 4.96. The smallest absolute Gasteiger partial charge is 0.0558 e. The number of hydrazine groups is 2. The Morgan fingerprint density at radius 1 is 1.20 bits per heavy atom. The van der Waals surface area contributed by atoms with Gasteiger partial charge in [-0.3, -0.25) is 10.0 Å². The maximum Gasteiger partial charge on any atom is 0.0558 e. The van der Waals surface area contributed by atoms with Gasteiger partial charge in [0.15, 0.2) is 0 Å². The molecule has 0 aliphatic heterocycles. The summed E-state index contributed by atoms with van der Waals surface area (Å²) in [7, 11) is 1.93. The highest BCUT2D eigenvalue weighted by Crippen LogP contribution is 2.11. The highest BCUT2D eigenvalue weighted by molar-refractivity contribution is 5.06. The third-order valence-electron chi connectivity index (χ3n) is 2.02. The van der Waals surface area contributed by atoms with Crippen LogP contribution in [0.1, 0.15) is 13.8 Å². The molecule has 0 heterocycles. The van der Waals surface area contributed by atoms with Gasteiger partial charge in [-0.1, -0.05) is 25.8 Å². The lowest BCUT2D eigenvalue weighted by Gasteiger charge is -2.40. The van der Waals surface area contributed by atoms with Crippen LogP contribution in [0, 0.1) is 0 Å². The molecule has 0 bridgehead atoms. The Hall–Kier alpha value is -1.64. The molecule has 15 heavy (non-hydrogen) atoms. The predicted octanol–water partition coefficient (Wildman–Crippen LogP) is 2.75. The van der Waals surface area contributed by atoms with E-state index in [1.807, 2.05) is 35.2 Å². The molecule has 0 saturated heterocycles. The molecule has 0 aromatic heterocycles. The topological polar surface area (TPSA) is 9.72 Å².